The Balaban J connectivity index is 2.23. The molecule has 3 atom stereocenters. The third-order valence-electron chi connectivity index (χ3n) is 3.93. The van der Waals surface area contributed by atoms with Gasteiger partial charge in [0.25, 0.3) is 0 Å². The van der Waals surface area contributed by atoms with Gasteiger partial charge in [0, 0.05) is 6.42 Å². The fourth-order valence-electron chi connectivity index (χ4n) is 2.25. The van der Waals surface area contributed by atoms with Crippen LogP contribution in [0.4, 0.5) is 4.39 Å². The van der Waals surface area contributed by atoms with Crippen LogP contribution < -0.4 is 4.74 Å². The molecular formula is C23H29FO6. The summed E-state index contributed by atoms with van der Waals surface area (Å²) in [4.78, 5) is 11.0. The zero-order valence-electron chi connectivity index (χ0n) is 16.9. The van der Waals surface area contributed by atoms with Crippen LogP contribution in [0.1, 0.15) is 19.3 Å². The van der Waals surface area contributed by atoms with Crippen LogP contribution >= 0.6 is 0 Å². The monoisotopic (exact) mass is 420 g/mol. The molecule has 30 heavy (non-hydrogen) atoms. The lowest BCUT2D eigenvalue weighted by Crippen LogP contribution is -2.23. The van der Waals surface area contributed by atoms with Crippen LogP contribution in [0.3, 0.4) is 0 Å². The van der Waals surface area contributed by atoms with E-state index >= 15 is 0 Å². The van der Waals surface area contributed by atoms with Crippen molar-refractivity contribution < 1.29 is 34.0 Å². The highest BCUT2D eigenvalue weighted by Gasteiger charge is 2.13. The summed E-state index contributed by atoms with van der Waals surface area (Å²) in [7, 11) is 1.31. The van der Waals surface area contributed by atoms with Crippen molar-refractivity contribution in [3.63, 3.8) is 0 Å². The maximum absolute atomic E-state index is 12.8. The molecule has 0 fully saturated rings. The number of carbonyl (C=O) groups is 1. The van der Waals surface area contributed by atoms with E-state index in [1.165, 1.54) is 37.5 Å². The van der Waals surface area contributed by atoms with E-state index in [1.54, 1.807) is 42.5 Å². The number of allylic oxidation sites excluding steroid dienone is 6. The van der Waals surface area contributed by atoms with E-state index in [0.717, 1.165) is 0 Å². The van der Waals surface area contributed by atoms with E-state index in [2.05, 4.69) is 4.74 Å². The number of hydrogen-bond donors (Lipinski definition) is 3. The van der Waals surface area contributed by atoms with Gasteiger partial charge < -0.3 is 24.8 Å². The first-order valence-electron chi connectivity index (χ1n) is 9.60. The van der Waals surface area contributed by atoms with Crippen molar-refractivity contribution in [2.75, 3.05) is 13.7 Å². The Kier molecular flexibility index (Phi) is 12.8. The van der Waals surface area contributed by atoms with Gasteiger partial charge in [0.05, 0.1) is 19.3 Å². The molecule has 0 aromatic heterocycles. The lowest BCUT2D eigenvalue weighted by Gasteiger charge is -2.13. The summed E-state index contributed by atoms with van der Waals surface area (Å²) in [5.41, 5.74) is 0. The molecular weight excluding hydrogens is 391 g/mol. The summed E-state index contributed by atoms with van der Waals surface area (Å²) >= 11 is 0. The van der Waals surface area contributed by atoms with Gasteiger partial charge in [0.2, 0.25) is 0 Å². The molecule has 0 spiro atoms. The molecule has 1 aromatic carbocycles. The number of hydrogen-bond acceptors (Lipinski definition) is 6. The van der Waals surface area contributed by atoms with Crippen molar-refractivity contribution in [1.29, 1.82) is 0 Å². The molecule has 0 aliphatic heterocycles. The van der Waals surface area contributed by atoms with Crippen molar-refractivity contribution >= 4 is 5.97 Å². The van der Waals surface area contributed by atoms with Crippen LogP contribution in [0.2, 0.25) is 0 Å². The third-order valence-corrected chi connectivity index (χ3v) is 3.93. The maximum atomic E-state index is 12.8. The summed E-state index contributed by atoms with van der Waals surface area (Å²) in [6.07, 6.45) is 11.3. The van der Waals surface area contributed by atoms with Gasteiger partial charge in [-0.25, -0.2) is 4.39 Å². The van der Waals surface area contributed by atoms with Gasteiger partial charge in [0.15, 0.2) is 0 Å². The molecule has 164 valence electrons. The summed E-state index contributed by atoms with van der Waals surface area (Å²) in [6.45, 7) is 0.0500. The zero-order chi connectivity index (χ0) is 22.2. The highest BCUT2D eigenvalue weighted by Crippen LogP contribution is 2.11. The molecule has 6 nitrogen and oxygen atoms in total. The zero-order valence-corrected chi connectivity index (χ0v) is 16.9. The number of carbonyl (C=O) groups excluding carboxylic acids is 1. The van der Waals surface area contributed by atoms with Crippen LogP contribution in [0.15, 0.2) is 72.9 Å². The Morgan fingerprint density at radius 2 is 1.60 bits per heavy atom. The van der Waals surface area contributed by atoms with Crippen molar-refractivity contribution in [3.05, 3.63) is 78.7 Å². The van der Waals surface area contributed by atoms with E-state index in [9.17, 15) is 24.5 Å². The van der Waals surface area contributed by atoms with Crippen LogP contribution in [-0.2, 0) is 9.53 Å². The Hall–Kier alpha value is -2.74. The van der Waals surface area contributed by atoms with Crippen LogP contribution in [0.5, 0.6) is 5.75 Å². The average molecular weight is 420 g/mol. The Labute approximate surface area is 176 Å². The van der Waals surface area contributed by atoms with Crippen molar-refractivity contribution in [3.8, 4) is 5.75 Å². The lowest BCUT2D eigenvalue weighted by atomic mass is 10.1. The van der Waals surface area contributed by atoms with Crippen molar-refractivity contribution in [2.45, 2.75) is 37.6 Å². The van der Waals surface area contributed by atoms with E-state index in [-0.39, 0.29) is 24.8 Å². The number of aliphatic hydroxyl groups is 3. The molecule has 3 N–H and O–H groups in total. The largest absolute Gasteiger partial charge is 0.491 e. The Morgan fingerprint density at radius 1 is 1.00 bits per heavy atom. The number of ether oxygens (including phenoxy) is 2. The molecule has 0 aliphatic carbocycles. The van der Waals surface area contributed by atoms with Gasteiger partial charge in [-0.15, -0.1) is 0 Å². The third kappa shape index (κ3) is 12.0. The maximum Gasteiger partial charge on any atom is 0.305 e. The molecule has 0 saturated carbocycles. The van der Waals surface area contributed by atoms with Crippen LogP contribution in [0.25, 0.3) is 0 Å². The van der Waals surface area contributed by atoms with E-state index in [4.69, 9.17) is 4.74 Å². The van der Waals surface area contributed by atoms with E-state index in [1.807, 2.05) is 0 Å². The van der Waals surface area contributed by atoms with Gasteiger partial charge in [-0.1, -0.05) is 48.6 Å². The van der Waals surface area contributed by atoms with Gasteiger partial charge in [-0.2, -0.15) is 0 Å². The number of halogens is 1. The normalized spacial score (nSPS) is 15.2. The van der Waals surface area contributed by atoms with E-state index in [0.29, 0.717) is 18.6 Å². The van der Waals surface area contributed by atoms with Crippen molar-refractivity contribution in [2.24, 2.45) is 0 Å². The van der Waals surface area contributed by atoms with Gasteiger partial charge in [-0.05, 0) is 37.1 Å². The van der Waals surface area contributed by atoms with E-state index < -0.39 is 18.3 Å². The second-order valence-electron chi connectivity index (χ2n) is 6.40. The average Bonchev–Trinajstić information content (AvgIpc) is 2.74. The number of esters is 1. The molecule has 7 heteroatoms. The SMILES string of the molecule is COC(=O)CCC[C@H](O)[C@H](O)/C=C/C=C/C=C\C=C\[C@@H](O)COc1ccc(F)cc1. The number of rotatable bonds is 13. The molecule has 0 aliphatic rings. The molecule has 0 bridgehead atoms. The van der Waals surface area contributed by atoms with Gasteiger partial charge in [0.1, 0.15) is 24.3 Å². The first kappa shape index (κ1) is 25.3. The minimum atomic E-state index is -1.02. The van der Waals surface area contributed by atoms with Gasteiger partial charge in [-0.3, -0.25) is 4.79 Å². The summed E-state index contributed by atoms with van der Waals surface area (Å²) in [5.74, 6) is -0.217. The predicted octanol–water partition coefficient (Wildman–Crippen LogP) is 2.86. The quantitative estimate of drug-likeness (QED) is 0.335. The molecule has 1 aromatic rings. The topological polar surface area (TPSA) is 96.2 Å². The Morgan fingerprint density at radius 3 is 2.23 bits per heavy atom. The summed E-state index contributed by atoms with van der Waals surface area (Å²) in [5, 5.41) is 29.4. The lowest BCUT2D eigenvalue weighted by molar-refractivity contribution is -0.140. The second kappa shape index (κ2) is 15.1. The molecule has 0 radical (unpaired) electrons. The minimum Gasteiger partial charge on any atom is -0.491 e. The summed E-state index contributed by atoms with van der Waals surface area (Å²) in [6, 6.07) is 5.54. The molecule has 1 rings (SSSR count). The molecule has 0 amide bonds. The number of aliphatic hydroxyl groups excluding tert-OH is 3. The highest BCUT2D eigenvalue weighted by atomic mass is 19.1. The predicted molar refractivity (Wildman–Crippen MR) is 112 cm³/mol. The highest BCUT2D eigenvalue weighted by molar-refractivity contribution is 5.68. The fraction of sp³-hybridized carbons (Fsp3) is 0.348. The molecule has 0 heterocycles. The Bertz CT molecular complexity index is 724. The smallest absolute Gasteiger partial charge is 0.305 e. The second-order valence-corrected chi connectivity index (χ2v) is 6.40. The molecule has 0 saturated heterocycles. The molecule has 0 unspecified atom stereocenters. The number of benzene rings is 1. The standard InChI is InChI=1S/C23H29FO6/c1-29-23(28)12-8-11-22(27)21(26)10-7-5-3-2-4-6-9-19(25)17-30-20-15-13-18(24)14-16-20/h2-7,9-10,13-16,19,21-22,25-27H,8,11-12,17H2,1H3/b4-2-,5-3+,9-6+,10-7+/t19-,21-,22+/m1/s1. The van der Waals surface area contributed by atoms with Crippen molar-refractivity contribution in [1.82, 2.24) is 0 Å². The van der Waals surface area contributed by atoms with Gasteiger partial charge >= 0.3 is 5.97 Å². The fourth-order valence-corrected chi connectivity index (χ4v) is 2.25. The minimum absolute atomic E-state index is 0.0500. The first-order valence-corrected chi connectivity index (χ1v) is 9.60. The first-order chi connectivity index (χ1) is 14.4. The number of methoxy groups -OCH3 is 1. The van der Waals surface area contributed by atoms with Crippen LogP contribution in [-0.4, -0.2) is 53.3 Å². The summed E-state index contributed by atoms with van der Waals surface area (Å²) < 4.78 is 22.6. The van der Waals surface area contributed by atoms with Crippen LogP contribution in [0, 0.1) is 5.82 Å².